The van der Waals surface area contributed by atoms with Crippen molar-refractivity contribution in [3.8, 4) is 22.7 Å². The minimum Gasteiger partial charge on any atom is -0.474 e. The molecule has 0 saturated heterocycles. The van der Waals surface area contributed by atoms with E-state index in [1.54, 1.807) is 19.4 Å². The molecule has 7 heteroatoms. The number of fused-ring (bicyclic) bond motifs is 5. The van der Waals surface area contributed by atoms with Crippen LogP contribution in [-0.2, 0) is 14.1 Å². The smallest absolute Gasteiger partial charge is 0.331 e. The van der Waals surface area contributed by atoms with Gasteiger partial charge >= 0.3 is 5.69 Å². The minimum absolute atomic E-state index is 0.344. The summed E-state index contributed by atoms with van der Waals surface area (Å²) in [6.45, 7) is 2.02. The molecule has 0 saturated carbocycles. The summed E-state index contributed by atoms with van der Waals surface area (Å²) in [5.41, 5.74) is 3.97. The first-order valence-corrected chi connectivity index (χ1v) is 10.7. The molecule has 0 spiro atoms. The molecule has 3 aromatic heterocycles. The Bertz CT molecular complexity index is 1670. The molecule has 5 aromatic rings. The Hall–Kier alpha value is -4.26. The van der Waals surface area contributed by atoms with Crippen LogP contribution >= 0.6 is 0 Å². The van der Waals surface area contributed by atoms with Gasteiger partial charge in [-0.1, -0.05) is 36.4 Å². The Morgan fingerprint density at radius 2 is 1.64 bits per heavy atom. The van der Waals surface area contributed by atoms with Gasteiger partial charge in [-0.3, -0.25) is 13.9 Å². The van der Waals surface area contributed by atoms with Crippen molar-refractivity contribution in [2.24, 2.45) is 14.1 Å². The molecular formula is C26H21N3O4. The zero-order valence-electron chi connectivity index (χ0n) is 18.4. The van der Waals surface area contributed by atoms with Crippen LogP contribution in [0.2, 0.25) is 0 Å². The first-order valence-electron chi connectivity index (χ1n) is 10.7. The van der Waals surface area contributed by atoms with Gasteiger partial charge in [0.1, 0.15) is 5.75 Å². The highest BCUT2D eigenvalue weighted by atomic mass is 16.5. The predicted molar refractivity (Wildman–Crippen MR) is 125 cm³/mol. The summed E-state index contributed by atoms with van der Waals surface area (Å²) < 4.78 is 16.9. The number of para-hydroxylation sites is 2. The molecule has 0 amide bonds. The average molecular weight is 439 g/mol. The van der Waals surface area contributed by atoms with Crippen LogP contribution in [0.15, 0.2) is 80.9 Å². The van der Waals surface area contributed by atoms with Crippen LogP contribution in [0.1, 0.15) is 23.1 Å². The lowest BCUT2D eigenvalue weighted by Gasteiger charge is -2.28. The van der Waals surface area contributed by atoms with Crippen molar-refractivity contribution >= 4 is 10.9 Å². The van der Waals surface area contributed by atoms with Gasteiger partial charge in [-0.15, -0.1) is 0 Å². The third-order valence-electron chi connectivity index (χ3n) is 6.41. The number of hydrogen-bond donors (Lipinski definition) is 0. The Morgan fingerprint density at radius 1 is 0.879 bits per heavy atom. The summed E-state index contributed by atoms with van der Waals surface area (Å²) in [6.07, 6.45) is 0.961. The van der Waals surface area contributed by atoms with Crippen LogP contribution in [0, 0.1) is 6.92 Å². The first kappa shape index (κ1) is 19.4. The largest absolute Gasteiger partial charge is 0.474 e. The van der Waals surface area contributed by atoms with Crippen molar-refractivity contribution in [2.75, 3.05) is 0 Å². The van der Waals surface area contributed by atoms with E-state index >= 15 is 0 Å². The van der Waals surface area contributed by atoms with E-state index in [-0.39, 0.29) is 5.56 Å². The third kappa shape index (κ3) is 2.56. The zero-order chi connectivity index (χ0) is 22.9. The normalized spacial score (nSPS) is 14.7. The second kappa shape index (κ2) is 6.87. The number of rotatable bonds is 2. The van der Waals surface area contributed by atoms with E-state index in [1.165, 1.54) is 11.6 Å². The van der Waals surface area contributed by atoms with Crippen molar-refractivity contribution < 1.29 is 9.15 Å². The van der Waals surface area contributed by atoms with Crippen molar-refractivity contribution in [2.45, 2.75) is 13.0 Å². The summed E-state index contributed by atoms with van der Waals surface area (Å²) in [4.78, 5) is 26.6. The number of furan rings is 1. The summed E-state index contributed by atoms with van der Waals surface area (Å²) in [5.74, 6) is 1.26. The highest BCUT2D eigenvalue weighted by molar-refractivity contribution is 5.98. The van der Waals surface area contributed by atoms with E-state index in [1.807, 2.05) is 61.5 Å². The van der Waals surface area contributed by atoms with Crippen LogP contribution in [0.5, 0.6) is 5.75 Å². The molecule has 7 nitrogen and oxygen atoms in total. The van der Waals surface area contributed by atoms with Crippen LogP contribution in [0.4, 0.5) is 0 Å². The van der Waals surface area contributed by atoms with Gasteiger partial charge in [0.05, 0.1) is 34.2 Å². The SMILES string of the molecule is Cc1ccccc1-c1c2c(=O)n(C)c(=O)n(C)c2c2n1-c1ccccc1O[C@@H]2c1ccco1. The maximum absolute atomic E-state index is 13.6. The number of hydrogen-bond acceptors (Lipinski definition) is 4. The fourth-order valence-electron chi connectivity index (χ4n) is 4.84. The summed E-state index contributed by atoms with van der Waals surface area (Å²) in [6, 6.07) is 19.3. The van der Waals surface area contributed by atoms with E-state index in [0.29, 0.717) is 28.1 Å². The van der Waals surface area contributed by atoms with Gasteiger partial charge in [0.25, 0.3) is 5.56 Å². The second-order valence-corrected chi connectivity index (χ2v) is 8.29. The Balaban J connectivity index is 1.91. The lowest BCUT2D eigenvalue weighted by atomic mass is 10.0. The molecule has 1 atom stereocenters. The van der Waals surface area contributed by atoms with Gasteiger partial charge in [-0.05, 0) is 36.8 Å². The summed E-state index contributed by atoms with van der Waals surface area (Å²) in [5, 5.41) is 0.473. The lowest BCUT2D eigenvalue weighted by molar-refractivity contribution is 0.199. The number of ether oxygens (including phenoxy) is 1. The van der Waals surface area contributed by atoms with Gasteiger partial charge in [-0.25, -0.2) is 4.79 Å². The molecule has 33 heavy (non-hydrogen) atoms. The molecule has 6 rings (SSSR count). The lowest BCUT2D eigenvalue weighted by Crippen LogP contribution is -2.37. The second-order valence-electron chi connectivity index (χ2n) is 8.29. The number of aryl methyl sites for hydroxylation is 2. The number of aromatic nitrogens is 3. The first-order chi connectivity index (χ1) is 16.0. The average Bonchev–Trinajstić information content (AvgIpc) is 3.48. The Labute approximate surface area is 188 Å². The zero-order valence-corrected chi connectivity index (χ0v) is 18.4. The Kier molecular flexibility index (Phi) is 4.04. The fraction of sp³-hybridized carbons (Fsp3) is 0.154. The molecule has 2 aromatic carbocycles. The molecule has 0 fully saturated rings. The number of nitrogens with zero attached hydrogens (tertiary/aromatic N) is 3. The molecule has 4 heterocycles. The molecule has 0 radical (unpaired) electrons. The summed E-state index contributed by atoms with van der Waals surface area (Å²) >= 11 is 0. The molecule has 1 aliphatic rings. The summed E-state index contributed by atoms with van der Waals surface area (Å²) in [7, 11) is 3.20. The maximum Gasteiger partial charge on any atom is 0.331 e. The van der Waals surface area contributed by atoms with Crippen molar-refractivity contribution in [3.63, 3.8) is 0 Å². The quantitative estimate of drug-likeness (QED) is 0.416. The van der Waals surface area contributed by atoms with Crippen molar-refractivity contribution in [1.29, 1.82) is 0 Å². The van der Waals surface area contributed by atoms with E-state index < -0.39 is 11.8 Å². The van der Waals surface area contributed by atoms with Crippen molar-refractivity contribution in [3.05, 3.63) is 105 Å². The van der Waals surface area contributed by atoms with Gasteiger partial charge in [-0.2, -0.15) is 0 Å². The third-order valence-corrected chi connectivity index (χ3v) is 6.41. The molecule has 0 aliphatic carbocycles. The monoisotopic (exact) mass is 439 g/mol. The molecule has 164 valence electrons. The van der Waals surface area contributed by atoms with E-state index in [4.69, 9.17) is 9.15 Å². The van der Waals surface area contributed by atoms with Gasteiger partial charge in [0.2, 0.25) is 0 Å². The molecule has 1 aliphatic heterocycles. The molecule has 0 N–H and O–H groups in total. The van der Waals surface area contributed by atoms with Crippen molar-refractivity contribution in [1.82, 2.24) is 13.7 Å². The van der Waals surface area contributed by atoms with Crippen LogP contribution in [0.3, 0.4) is 0 Å². The molecule has 0 unspecified atom stereocenters. The highest BCUT2D eigenvalue weighted by Gasteiger charge is 2.37. The topological polar surface area (TPSA) is 71.3 Å². The molecule has 0 bridgehead atoms. The molecular weight excluding hydrogens is 418 g/mol. The van der Waals surface area contributed by atoms with E-state index in [0.717, 1.165) is 27.1 Å². The highest BCUT2D eigenvalue weighted by Crippen LogP contribution is 2.46. The standard InChI is InChI=1S/C26H21N3O4/c1-15-9-4-5-10-16(15)21-20-22(27(2)26(31)28(3)25(20)30)23-24(19-13-8-14-32-19)33-18-12-7-6-11-17(18)29(21)23/h4-14,24H,1-3H3/t24-/m1/s1. The van der Waals surface area contributed by atoms with Crippen LogP contribution < -0.4 is 16.0 Å². The van der Waals surface area contributed by atoms with Crippen LogP contribution in [-0.4, -0.2) is 13.7 Å². The van der Waals surface area contributed by atoms with Gasteiger partial charge in [0.15, 0.2) is 11.9 Å². The van der Waals surface area contributed by atoms with E-state index in [2.05, 4.69) is 4.57 Å². The maximum atomic E-state index is 13.6. The predicted octanol–water partition coefficient (Wildman–Crippen LogP) is 4.08. The number of benzene rings is 2. The minimum atomic E-state index is -0.632. The van der Waals surface area contributed by atoms with E-state index in [9.17, 15) is 9.59 Å². The Morgan fingerprint density at radius 3 is 2.39 bits per heavy atom. The fourth-order valence-corrected chi connectivity index (χ4v) is 4.84. The van der Waals surface area contributed by atoms with Gasteiger partial charge < -0.3 is 13.7 Å². The van der Waals surface area contributed by atoms with Gasteiger partial charge in [0, 0.05) is 19.7 Å². The van der Waals surface area contributed by atoms with Crippen LogP contribution in [0.25, 0.3) is 27.8 Å².